The molecule has 0 unspecified atom stereocenters. The maximum absolute atomic E-state index is 12.3. The van der Waals surface area contributed by atoms with E-state index in [1.807, 2.05) is 0 Å². The zero-order valence-electron chi connectivity index (χ0n) is 16.2. The lowest BCUT2D eigenvalue weighted by molar-refractivity contribution is -0.385. The van der Waals surface area contributed by atoms with Crippen LogP contribution in [0.1, 0.15) is 27.6 Å². The number of esters is 1. The number of hydrogen-bond donors (Lipinski definition) is 2. The number of hydrogen-bond acceptors (Lipinski definition) is 8. The maximum atomic E-state index is 12.3. The van der Waals surface area contributed by atoms with Gasteiger partial charge in [-0.05, 0) is 31.2 Å². The summed E-state index contributed by atoms with van der Waals surface area (Å²) in [6.07, 6.45) is 0. The fourth-order valence-corrected chi connectivity index (χ4v) is 2.42. The molecule has 0 spiro atoms. The zero-order chi connectivity index (χ0) is 22.3. The molecule has 0 aromatic heterocycles. The van der Waals surface area contributed by atoms with Gasteiger partial charge in [0.2, 0.25) is 5.91 Å². The molecule has 2 aromatic rings. The number of nitro benzene ring substituents is 1. The van der Waals surface area contributed by atoms with Crippen LogP contribution in [0.15, 0.2) is 36.4 Å². The Kier molecular flexibility index (Phi) is 7.28. The van der Waals surface area contributed by atoms with E-state index in [1.54, 1.807) is 6.92 Å². The van der Waals surface area contributed by atoms with Crippen molar-refractivity contribution in [1.29, 1.82) is 0 Å². The van der Waals surface area contributed by atoms with Gasteiger partial charge in [-0.1, -0.05) is 0 Å². The highest BCUT2D eigenvalue weighted by atomic mass is 16.6. The molecule has 0 radical (unpaired) electrons. The molecule has 0 aliphatic carbocycles. The molecule has 11 heteroatoms. The number of nitrogens with two attached hydrogens (primary N) is 1. The first-order chi connectivity index (χ1) is 14.3. The molecule has 2 amide bonds. The minimum Gasteiger partial charge on any atom is -0.493 e. The van der Waals surface area contributed by atoms with E-state index in [2.05, 4.69) is 5.32 Å². The molecule has 0 bridgehead atoms. The van der Waals surface area contributed by atoms with Crippen molar-refractivity contribution < 1.29 is 33.5 Å². The zero-order valence-corrected chi connectivity index (χ0v) is 16.2. The average molecular weight is 417 g/mol. The Labute approximate surface area is 170 Å². The summed E-state index contributed by atoms with van der Waals surface area (Å²) in [5.74, 6) is -2.18. The number of nitro groups is 1. The molecule has 0 saturated carbocycles. The van der Waals surface area contributed by atoms with Crippen molar-refractivity contribution in [3.8, 4) is 11.5 Å². The van der Waals surface area contributed by atoms with Crippen LogP contribution in [0.5, 0.6) is 11.5 Å². The van der Waals surface area contributed by atoms with Crippen molar-refractivity contribution in [2.75, 3.05) is 25.6 Å². The Morgan fingerprint density at radius 1 is 1.13 bits per heavy atom. The molecular formula is C19H19N3O8. The summed E-state index contributed by atoms with van der Waals surface area (Å²) in [7, 11) is 1.32. The van der Waals surface area contributed by atoms with E-state index in [-0.39, 0.29) is 29.2 Å². The number of nitrogens with zero attached hydrogens (tertiary/aromatic N) is 1. The fraction of sp³-hybridized carbons (Fsp3) is 0.211. The van der Waals surface area contributed by atoms with Gasteiger partial charge in [-0.15, -0.1) is 0 Å². The van der Waals surface area contributed by atoms with Crippen LogP contribution in [0, 0.1) is 10.1 Å². The van der Waals surface area contributed by atoms with Crippen LogP contribution in [-0.4, -0.2) is 43.0 Å². The molecular weight excluding hydrogens is 398 g/mol. The van der Waals surface area contributed by atoms with Crippen molar-refractivity contribution in [2.45, 2.75) is 6.92 Å². The van der Waals surface area contributed by atoms with Crippen LogP contribution >= 0.6 is 0 Å². The molecule has 0 saturated heterocycles. The standard InChI is InChI=1S/C19H19N3O8/c1-3-29-16-9-14(22(26)27)13(8-15(16)28-2)19(25)30-10-17(23)21-12-6-4-11(5-7-12)18(20)24/h4-9H,3,10H2,1-2H3,(H2,20,24)(H,21,23). The molecule has 0 heterocycles. The Morgan fingerprint density at radius 3 is 2.33 bits per heavy atom. The molecule has 0 aliphatic heterocycles. The minimum absolute atomic E-state index is 0.0976. The lowest BCUT2D eigenvalue weighted by atomic mass is 10.1. The van der Waals surface area contributed by atoms with Gasteiger partial charge in [0.25, 0.3) is 11.6 Å². The van der Waals surface area contributed by atoms with E-state index in [0.29, 0.717) is 5.69 Å². The van der Waals surface area contributed by atoms with Crippen molar-refractivity contribution in [2.24, 2.45) is 5.73 Å². The van der Waals surface area contributed by atoms with E-state index in [1.165, 1.54) is 31.4 Å². The first-order valence-electron chi connectivity index (χ1n) is 8.62. The number of nitrogens with one attached hydrogen (secondary N) is 1. The van der Waals surface area contributed by atoms with Gasteiger partial charge in [-0.25, -0.2) is 4.79 Å². The first kappa shape index (κ1) is 22.1. The van der Waals surface area contributed by atoms with Crippen LogP contribution < -0.4 is 20.5 Å². The predicted octanol–water partition coefficient (Wildman–Crippen LogP) is 1.90. The van der Waals surface area contributed by atoms with Crippen LogP contribution in [-0.2, 0) is 9.53 Å². The van der Waals surface area contributed by atoms with Gasteiger partial charge in [0, 0.05) is 17.3 Å². The quantitative estimate of drug-likeness (QED) is 0.355. The van der Waals surface area contributed by atoms with Gasteiger partial charge < -0.3 is 25.3 Å². The highest BCUT2D eigenvalue weighted by molar-refractivity contribution is 5.98. The van der Waals surface area contributed by atoms with Gasteiger partial charge in [-0.2, -0.15) is 0 Å². The van der Waals surface area contributed by atoms with Crippen molar-refractivity contribution in [3.05, 3.63) is 57.6 Å². The van der Waals surface area contributed by atoms with Gasteiger partial charge in [-0.3, -0.25) is 19.7 Å². The lowest BCUT2D eigenvalue weighted by Gasteiger charge is -2.12. The smallest absolute Gasteiger partial charge is 0.345 e. The molecule has 158 valence electrons. The maximum Gasteiger partial charge on any atom is 0.345 e. The minimum atomic E-state index is -1.08. The second-order valence-electron chi connectivity index (χ2n) is 5.78. The molecule has 11 nitrogen and oxygen atoms in total. The Balaban J connectivity index is 2.10. The van der Waals surface area contributed by atoms with E-state index >= 15 is 0 Å². The predicted molar refractivity (Wildman–Crippen MR) is 105 cm³/mol. The Morgan fingerprint density at radius 2 is 1.80 bits per heavy atom. The van der Waals surface area contributed by atoms with Crippen LogP contribution in [0.2, 0.25) is 0 Å². The van der Waals surface area contributed by atoms with Gasteiger partial charge in [0.1, 0.15) is 5.56 Å². The fourth-order valence-electron chi connectivity index (χ4n) is 2.42. The number of carbonyl (C=O) groups excluding carboxylic acids is 3. The first-order valence-corrected chi connectivity index (χ1v) is 8.62. The number of carbonyl (C=O) groups is 3. The normalized spacial score (nSPS) is 10.1. The van der Waals surface area contributed by atoms with Gasteiger partial charge in [0.15, 0.2) is 18.1 Å². The number of ether oxygens (including phenoxy) is 3. The number of methoxy groups -OCH3 is 1. The summed E-state index contributed by atoms with van der Waals surface area (Å²) in [4.78, 5) is 45.9. The van der Waals surface area contributed by atoms with Gasteiger partial charge >= 0.3 is 5.97 Å². The largest absolute Gasteiger partial charge is 0.493 e. The number of primary amides is 1. The van der Waals surface area contributed by atoms with E-state index < -0.39 is 35.0 Å². The van der Waals surface area contributed by atoms with E-state index in [9.17, 15) is 24.5 Å². The topological polar surface area (TPSA) is 160 Å². The molecule has 3 N–H and O–H groups in total. The number of benzene rings is 2. The summed E-state index contributed by atoms with van der Waals surface area (Å²) >= 11 is 0. The lowest BCUT2D eigenvalue weighted by Crippen LogP contribution is -2.21. The summed E-state index contributed by atoms with van der Waals surface area (Å²) in [6.45, 7) is 1.23. The number of amides is 2. The number of rotatable bonds is 9. The Hall–Kier alpha value is -4.15. The van der Waals surface area contributed by atoms with Crippen LogP contribution in [0.25, 0.3) is 0 Å². The third kappa shape index (κ3) is 5.44. The molecule has 0 aliphatic rings. The molecule has 0 atom stereocenters. The SMILES string of the molecule is CCOc1cc([N+](=O)[O-])c(C(=O)OCC(=O)Nc2ccc(C(N)=O)cc2)cc1OC. The third-order valence-corrected chi connectivity index (χ3v) is 3.79. The second kappa shape index (κ2) is 9.87. The second-order valence-corrected chi connectivity index (χ2v) is 5.78. The van der Waals surface area contributed by atoms with Crippen molar-refractivity contribution in [3.63, 3.8) is 0 Å². The monoisotopic (exact) mass is 417 g/mol. The molecule has 2 rings (SSSR count). The summed E-state index contributed by atoms with van der Waals surface area (Å²) in [5.41, 5.74) is 4.80. The molecule has 0 fully saturated rings. The van der Waals surface area contributed by atoms with Crippen LogP contribution in [0.3, 0.4) is 0 Å². The summed E-state index contributed by atoms with van der Waals surface area (Å²) in [5, 5.41) is 13.8. The Bertz CT molecular complexity index is 972. The van der Waals surface area contributed by atoms with Crippen molar-refractivity contribution in [1.82, 2.24) is 0 Å². The summed E-state index contributed by atoms with van der Waals surface area (Å²) < 4.78 is 15.2. The molecule has 2 aromatic carbocycles. The average Bonchev–Trinajstić information content (AvgIpc) is 2.72. The van der Waals surface area contributed by atoms with E-state index in [0.717, 1.165) is 12.1 Å². The highest BCUT2D eigenvalue weighted by Crippen LogP contribution is 2.35. The highest BCUT2D eigenvalue weighted by Gasteiger charge is 2.26. The molecule has 30 heavy (non-hydrogen) atoms. The van der Waals surface area contributed by atoms with Gasteiger partial charge in [0.05, 0.1) is 24.7 Å². The van der Waals surface area contributed by atoms with E-state index in [4.69, 9.17) is 19.9 Å². The van der Waals surface area contributed by atoms with Crippen LogP contribution in [0.4, 0.5) is 11.4 Å². The number of anilines is 1. The third-order valence-electron chi connectivity index (χ3n) is 3.79. The summed E-state index contributed by atoms with van der Waals surface area (Å²) in [6, 6.07) is 7.90. The van der Waals surface area contributed by atoms with Crippen molar-refractivity contribution >= 4 is 29.2 Å².